The number of nitrogens with zero attached hydrogens (tertiary/aromatic N) is 1. The third-order valence-corrected chi connectivity index (χ3v) is 4.55. The number of aliphatic hydroxyl groups excluding tert-OH is 1. The monoisotopic (exact) mass is 389 g/mol. The molecule has 8 nitrogen and oxygen atoms in total. The minimum Gasteiger partial charge on any atom is -0.387 e. The van der Waals surface area contributed by atoms with E-state index < -0.39 is 37.5 Å². The van der Waals surface area contributed by atoms with E-state index in [1.54, 1.807) is 0 Å². The van der Waals surface area contributed by atoms with Crippen molar-refractivity contribution in [3.05, 3.63) is 62.9 Å². The first-order chi connectivity index (χ1) is 11.6. The lowest BCUT2D eigenvalue weighted by molar-refractivity contribution is -0.385. The molecule has 0 spiro atoms. The molecule has 0 aliphatic rings. The van der Waals surface area contributed by atoms with Crippen molar-refractivity contribution < 1.29 is 22.8 Å². The summed E-state index contributed by atoms with van der Waals surface area (Å²) in [7, 11) is -4.24. The van der Waals surface area contributed by atoms with Gasteiger partial charge in [0.2, 0.25) is 10.0 Å². The molecule has 134 valence electrons. The van der Waals surface area contributed by atoms with Crippen LogP contribution in [0.1, 0.15) is 11.7 Å². The highest BCUT2D eigenvalue weighted by Crippen LogP contribution is 2.27. The number of rotatable bonds is 6. The van der Waals surface area contributed by atoms with Crippen molar-refractivity contribution in [3.8, 4) is 0 Å². The Morgan fingerprint density at radius 2 is 2.00 bits per heavy atom. The third kappa shape index (κ3) is 4.63. The lowest BCUT2D eigenvalue weighted by Crippen LogP contribution is -2.18. The Hall–Kier alpha value is -2.27. The van der Waals surface area contributed by atoms with Crippen LogP contribution in [0.3, 0.4) is 0 Å². The number of aliphatic hydroxyl groups is 1. The van der Waals surface area contributed by atoms with Gasteiger partial charge >= 0.3 is 0 Å². The van der Waals surface area contributed by atoms with Crippen molar-refractivity contribution in [2.45, 2.75) is 11.0 Å². The van der Waals surface area contributed by atoms with Crippen LogP contribution in [0.5, 0.6) is 0 Å². The summed E-state index contributed by atoms with van der Waals surface area (Å²) >= 11 is 5.56. The standard InChI is InChI=1S/C14H13ClFN3O5S/c15-10-3-1-8(5-11(10)16)13(20)7-18-12-4-2-9(19(21)22)6-14(12)25(17,23)24/h1-6,13,18,20H,7H2,(H2,17,23,24). The van der Waals surface area contributed by atoms with Gasteiger partial charge in [-0.15, -0.1) is 0 Å². The van der Waals surface area contributed by atoms with E-state index in [-0.39, 0.29) is 22.8 Å². The molecule has 0 aliphatic heterocycles. The maximum atomic E-state index is 13.4. The number of hydrogen-bond acceptors (Lipinski definition) is 6. The highest BCUT2D eigenvalue weighted by atomic mass is 35.5. The number of nitrogens with one attached hydrogen (secondary N) is 1. The van der Waals surface area contributed by atoms with Crippen LogP contribution in [-0.2, 0) is 10.0 Å². The molecule has 0 aliphatic carbocycles. The van der Waals surface area contributed by atoms with E-state index in [0.717, 1.165) is 24.3 Å². The zero-order valence-corrected chi connectivity index (χ0v) is 14.1. The molecular formula is C14H13ClFN3O5S. The molecule has 11 heteroatoms. The second-order valence-electron chi connectivity index (χ2n) is 5.05. The molecule has 0 aromatic heterocycles. The maximum absolute atomic E-state index is 13.4. The first-order valence-corrected chi connectivity index (χ1v) is 8.70. The molecule has 0 saturated heterocycles. The SMILES string of the molecule is NS(=O)(=O)c1cc([N+](=O)[O-])ccc1NCC(O)c1ccc(Cl)c(F)c1. The number of nitro groups is 1. The molecule has 0 bridgehead atoms. The van der Waals surface area contributed by atoms with Gasteiger partial charge < -0.3 is 10.4 Å². The predicted octanol–water partition coefficient (Wildman–Crippen LogP) is 2.18. The van der Waals surface area contributed by atoms with Gasteiger partial charge in [-0.25, -0.2) is 17.9 Å². The van der Waals surface area contributed by atoms with Crippen molar-refractivity contribution in [1.29, 1.82) is 0 Å². The topological polar surface area (TPSA) is 136 Å². The van der Waals surface area contributed by atoms with Crippen LogP contribution in [0.4, 0.5) is 15.8 Å². The fourth-order valence-corrected chi connectivity index (χ4v) is 2.90. The zero-order valence-electron chi connectivity index (χ0n) is 12.5. The molecule has 0 amide bonds. The van der Waals surface area contributed by atoms with Gasteiger partial charge in [0.05, 0.1) is 21.7 Å². The fraction of sp³-hybridized carbons (Fsp3) is 0.143. The van der Waals surface area contributed by atoms with Crippen molar-refractivity contribution in [3.63, 3.8) is 0 Å². The normalized spacial score (nSPS) is 12.6. The summed E-state index contributed by atoms with van der Waals surface area (Å²) in [5.74, 6) is -0.709. The van der Waals surface area contributed by atoms with E-state index in [9.17, 15) is 28.0 Å². The average Bonchev–Trinajstić information content (AvgIpc) is 2.54. The molecule has 2 rings (SSSR count). The minimum atomic E-state index is -4.24. The van der Waals surface area contributed by atoms with Gasteiger partial charge in [0.25, 0.3) is 5.69 Å². The summed E-state index contributed by atoms with van der Waals surface area (Å²) in [6.07, 6.45) is -1.18. The number of anilines is 1. The molecule has 4 N–H and O–H groups in total. The van der Waals surface area contributed by atoms with E-state index >= 15 is 0 Å². The predicted molar refractivity (Wildman–Crippen MR) is 89.3 cm³/mol. The molecule has 0 heterocycles. The lowest BCUT2D eigenvalue weighted by atomic mass is 10.1. The molecule has 0 radical (unpaired) electrons. The van der Waals surface area contributed by atoms with Gasteiger partial charge in [0, 0.05) is 18.7 Å². The first-order valence-electron chi connectivity index (χ1n) is 6.77. The Labute approximate surface area is 147 Å². The van der Waals surface area contributed by atoms with Crippen molar-refractivity contribution in [2.24, 2.45) is 5.14 Å². The maximum Gasteiger partial charge on any atom is 0.270 e. The van der Waals surface area contributed by atoms with E-state index in [2.05, 4.69) is 5.32 Å². The Bertz CT molecular complexity index is 923. The van der Waals surface area contributed by atoms with Crippen LogP contribution in [-0.4, -0.2) is 25.0 Å². The quantitative estimate of drug-likeness (QED) is 0.511. The van der Waals surface area contributed by atoms with Gasteiger partial charge in [-0.2, -0.15) is 0 Å². The molecule has 2 aromatic rings. The lowest BCUT2D eigenvalue weighted by Gasteiger charge is -2.15. The number of primary sulfonamides is 1. The number of hydrogen-bond donors (Lipinski definition) is 3. The van der Waals surface area contributed by atoms with Crippen LogP contribution < -0.4 is 10.5 Å². The molecule has 2 aromatic carbocycles. The first kappa shape index (κ1) is 19.1. The minimum absolute atomic E-state index is 0.0263. The van der Waals surface area contributed by atoms with Crippen LogP contribution in [0.2, 0.25) is 5.02 Å². The van der Waals surface area contributed by atoms with Crippen LogP contribution >= 0.6 is 11.6 Å². The Morgan fingerprint density at radius 3 is 2.56 bits per heavy atom. The van der Waals surface area contributed by atoms with E-state index in [1.807, 2.05) is 0 Å². The number of nitro benzene ring substituents is 1. The van der Waals surface area contributed by atoms with Gasteiger partial charge in [-0.1, -0.05) is 17.7 Å². The van der Waals surface area contributed by atoms with Gasteiger partial charge in [-0.05, 0) is 23.8 Å². The number of non-ortho nitro benzene ring substituents is 1. The Morgan fingerprint density at radius 1 is 1.32 bits per heavy atom. The summed E-state index contributed by atoms with van der Waals surface area (Å²) in [6.45, 7) is -0.193. The number of benzene rings is 2. The molecule has 0 fully saturated rings. The van der Waals surface area contributed by atoms with Crippen LogP contribution in [0.15, 0.2) is 41.3 Å². The van der Waals surface area contributed by atoms with Crippen molar-refractivity contribution in [1.82, 2.24) is 0 Å². The third-order valence-electron chi connectivity index (χ3n) is 3.30. The van der Waals surface area contributed by atoms with Gasteiger partial charge in [0.15, 0.2) is 0 Å². The van der Waals surface area contributed by atoms with E-state index in [1.165, 1.54) is 12.1 Å². The second-order valence-corrected chi connectivity index (χ2v) is 6.99. The largest absolute Gasteiger partial charge is 0.387 e. The molecular weight excluding hydrogens is 377 g/mol. The number of sulfonamides is 1. The number of nitrogens with two attached hydrogens (primary N) is 1. The fourth-order valence-electron chi connectivity index (χ4n) is 2.05. The Kier molecular flexibility index (Phi) is 5.58. The summed E-state index contributed by atoms with van der Waals surface area (Å²) in [5, 5.41) is 28.4. The van der Waals surface area contributed by atoms with Crippen LogP contribution in [0.25, 0.3) is 0 Å². The summed E-state index contributed by atoms with van der Waals surface area (Å²) < 4.78 is 36.6. The Balaban J connectivity index is 2.25. The zero-order chi connectivity index (χ0) is 18.8. The molecule has 1 atom stereocenters. The molecule has 25 heavy (non-hydrogen) atoms. The molecule has 0 saturated carbocycles. The second kappa shape index (κ2) is 7.31. The van der Waals surface area contributed by atoms with E-state index in [4.69, 9.17) is 16.7 Å². The average molecular weight is 390 g/mol. The van der Waals surface area contributed by atoms with Gasteiger partial charge in [0.1, 0.15) is 10.7 Å². The summed E-state index contributed by atoms with van der Waals surface area (Å²) in [6, 6.07) is 6.79. The van der Waals surface area contributed by atoms with E-state index in [0.29, 0.717) is 0 Å². The highest BCUT2D eigenvalue weighted by Gasteiger charge is 2.20. The molecule has 1 unspecified atom stereocenters. The van der Waals surface area contributed by atoms with Crippen molar-refractivity contribution in [2.75, 3.05) is 11.9 Å². The number of halogens is 2. The van der Waals surface area contributed by atoms with Gasteiger partial charge in [-0.3, -0.25) is 10.1 Å². The smallest absolute Gasteiger partial charge is 0.270 e. The van der Waals surface area contributed by atoms with Crippen LogP contribution in [0, 0.1) is 15.9 Å². The van der Waals surface area contributed by atoms with Crippen molar-refractivity contribution >= 4 is 33.0 Å². The highest BCUT2D eigenvalue weighted by molar-refractivity contribution is 7.89. The summed E-state index contributed by atoms with van der Waals surface area (Å²) in [5.41, 5.74) is -0.259. The summed E-state index contributed by atoms with van der Waals surface area (Å²) in [4.78, 5) is 9.52.